The number of azo groups is 1. The molecule has 5 heteroatoms. The first kappa shape index (κ1) is 16.7. The lowest BCUT2D eigenvalue weighted by molar-refractivity contribution is 0.831. The largest absolute Gasteiger partial charge is 0.283 e. The molecule has 2 aromatic heterocycles. The van der Waals surface area contributed by atoms with Gasteiger partial charge in [0.05, 0.1) is 10.7 Å². The zero-order chi connectivity index (χ0) is 17.4. The van der Waals surface area contributed by atoms with Gasteiger partial charge in [0.2, 0.25) is 0 Å². The summed E-state index contributed by atoms with van der Waals surface area (Å²) in [4.78, 5) is 4.72. The van der Waals surface area contributed by atoms with Crippen LogP contribution in [-0.2, 0) is 0 Å². The van der Waals surface area contributed by atoms with Gasteiger partial charge in [-0.15, -0.1) is 10.2 Å². The molecule has 0 bridgehead atoms. The summed E-state index contributed by atoms with van der Waals surface area (Å²) >= 11 is 6.34. The predicted octanol–water partition coefficient (Wildman–Crippen LogP) is 6.45. The maximum Gasteiger partial charge on any atom is 0.183 e. The van der Waals surface area contributed by atoms with Crippen LogP contribution in [0.3, 0.4) is 0 Å². The van der Waals surface area contributed by atoms with Crippen LogP contribution in [0.1, 0.15) is 42.1 Å². The maximum atomic E-state index is 6.34. The van der Waals surface area contributed by atoms with Crippen LogP contribution in [0.2, 0.25) is 5.02 Å². The smallest absolute Gasteiger partial charge is 0.183 e. The van der Waals surface area contributed by atoms with Gasteiger partial charge in [0, 0.05) is 6.20 Å². The highest BCUT2D eigenvalue weighted by molar-refractivity contribution is 6.33. The minimum absolute atomic E-state index is 0.258. The van der Waals surface area contributed by atoms with Gasteiger partial charge < -0.3 is 0 Å². The van der Waals surface area contributed by atoms with Crippen molar-refractivity contribution < 1.29 is 0 Å². The molecule has 3 rings (SSSR count). The summed E-state index contributed by atoms with van der Waals surface area (Å²) in [5.74, 6) is 1.02. The van der Waals surface area contributed by atoms with E-state index in [0.717, 1.165) is 28.3 Å². The molecule has 0 saturated heterocycles. The van der Waals surface area contributed by atoms with E-state index in [1.54, 1.807) is 0 Å². The fourth-order valence-electron chi connectivity index (χ4n) is 2.77. The second-order valence-electron chi connectivity index (χ2n) is 6.52. The molecule has 0 unspecified atom stereocenters. The molecule has 0 atom stereocenters. The molecule has 0 radical (unpaired) electrons. The highest BCUT2D eigenvalue weighted by Crippen LogP contribution is 2.34. The van der Waals surface area contributed by atoms with Crippen molar-refractivity contribution in [2.75, 3.05) is 0 Å². The summed E-state index contributed by atoms with van der Waals surface area (Å²) in [5.41, 5.74) is 5.83. The van der Waals surface area contributed by atoms with Crippen LogP contribution < -0.4 is 0 Å². The average molecular weight is 341 g/mol. The molecule has 0 saturated carbocycles. The van der Waals surface area contributed by atoms with Crippen molar-refractivity contribution in [1.82, 2.24) is 9.38 Å². The quantitative estimate of drug-likeness (QED) is 0.505. The minimum atomic E-state index is 0.258. The molecular formula is C19H21ClN4. The Morgan fingerprint density at radius 1 is 1.04 bits per heavy atom. The van der Waals surface area contributed by atoms with E-state index in [4.69, 9.17) is 16.6 Å². The van der Waals surface area contributed by atoms with Gasteiger partial charge in [0.1, 0.15) is 11.3 Å². The lowest BCUT2D eigenvalue weighted by Gasteiger charge is -2.05. The molecule has 4 nitrogen and oxygen atoms in total. The van der Waals surface area contributed by atoms with E-state index in [-0.39, 0.29) is 5.92 Å². The summed E-state index contributed by atoms with van der Waals surface area (Å²) < 4.78 is 1.98. The Morgan fingerprint density at radius 2 is 1.79 bits per heavy atom. The first-order valence-electron chi connectivity index (χ1n) is 8.04. The third-order valence-electron chi connectivity index (χ3n) is 3.97. The molecule has 2 heterocycles. The molecule has 0 aliphatic carbocycles. The fourth-order valence-corrected chi connectivity index (χ4v) is 3.13. The van der Waals surface area contributed by atoms with Gasteiger partial charge in [0.25, 0.3) is 0 Å². The normalized spacial score (nSPS) is 12.0. The van der Waals surface area contributed by atoms with Crippen LogP contribution in [0.4, 0.5) is 11.5 Å². The minimum Gasteiger partial charge on any atom is -0.283 e. The molecular weight excluding hydrogens is 320 g/mol. The van der Waals surface area contributed by atoms with Gasteiger partial charge in [-0.05, 0) is 61.6 Å². The summed E-state index contributed by atoms with van der Waals surface area (Å²) in [6, 6.07) is 8.06. The molecule has 0 spiro atoms. The molecule has 124 valence electrons. The number of hydrogen-bond donors (Lipinski definition) is 0. The third kappa shape index (κ3) is 3.06. The van der Waals surface area contributed by atoms with Crippen molar-refractivity contribution in [3.8, 4) is 0 Å². The number of benzene rings is 1. The molecule has 3 aromatic rings. The number of pyridine rings is 1. The molecule has 1 aromatic carbocycles. The van der Waals surface area contributed by atoms with Gasteiger partial charge in [-0.1, -0.05) is 31.5 Å². The Labute approximate surface area is 147 Å². The van der Waals surface area contributed by atoms with E-state index in [1.165, 1.54) is 5.56 Å². The van der Waals surface area contributed by atoms with E-state index >= 15 is 0 Å². The topological polar surface area (TPSA) is 42.0 Å². The van der Waals surface area contributed by atoms with Gasteiger partial charge in [-0.25, -0.2) is 4.98 Å². The molecule has 24 heavy (non-hydrogen) atoms. The van der Waals surface area contributed by atoms with Crippen molar-refractivity contribution in [1.29, 1.82) is 0 Å². The van der Waals surface area contributed by atoms with E-state index < -0.39 is 0 Å². The van der Waals surface area contributed by atoms with Crippen molar-refractivity contribution >= 4 is 28.8 Å². The van der Waals surface area contributed by atoms with Gasteiger partial charge >= 0.3 is 0 Å². The number of halogens is 1. The Bertz CT molecular complexity index is 915. The van der Waals surface area contributed by atoms with Crippen molar-refractivity contribution in [2.24, 2.45) is 10.2 Å². The first-order valence-corrected chi connectivity index (χ1v) is 8.41. The molecule has 0 fully saturated rings. The van der Waals surface area contributed by atoms with Crippen LogP contribution in [0.25, 0.3) is 5.65 Å². The van der Waals surface area contributed by atoms with E-state index in [2.05, 4.69) is 43.1 Å². The Balaban J connectivity index is 2.14. The number of aromatic nitrogens is 2. The lowest BCUT2D eigenvalue weighted by Crippen LogP contribution is -1.88. The molecule has 0 aliphatic rings. The monoisotopic (exact) mass is 340 g/mol. The zero-order valence-electron chi connectivity index (χ0n) is 14.6. The van der Waals surface area contributed by atoms with Crippen LogP contribution in [0.5, 0.6) is 0 Å². The summed E-state index contributed by atoms with van der Waals surface area (Å²) in [7, 11) is 0. The molecule has 0 amide bonds. The van der Waals surface area contributed by atoms with E-state index in [0.29, 0.717) is 10.7 Å². The molecule has 0 N–H and O–H groups in total. The molecule has 0 aliphatic heterocycles. The number of fused-ring (bicyclic) bond motifs is 1. The maximum absolute atomic E-state index is 6.34. The van der Waals surface area contributed by atoms with Crippen LogP contribution in [-0.4, -0.2) is 9.38 Å². The van der Waals surface area contributed by atoms with Crippen molar-refractivity contribution in [3.63, 3.8) is 0 Å². The summed E-state index contributed by atoms with van der Waals surface area (Å²) in [6.07, 6.45) is 1.99. The van der Waals surface area contributed by atoms with E-state index in [1.807, 2.05) is 36.6 Å². The highest BCUT2D eigenvalue weighted by atomic mass is 35.5. The Morgan fingerprint density at radius 3 is 2.46 bits per heavy atom. The average Bonchev–Trinajstić information content (AvgIpc) is 2.84. The van der Waals surface area contributed by atoms with Crippen LogP contribution in [0, 0.1) is 20.8 Å². The second-order valence-corrected chi connectivity index (χ2v) is 6.93. The van der Waals surface area contributed by atoms with Crippen LogP contribution >= 0.6 is 11.6 Å². The van der Waals surface area contributed by atoms with Crippen molar-refractivity contribution in [2.45, 2.75) is 40.5 Å². The number of imidazole rings is 1. The van der Waals surface area contributed by atoms with E-state index in [9.17, 15) is 0 Å². The van der Waals surface area contributed by atoms with Gasteiger partial charge in [0.15, 0.2) is 5.82 Å². The number of rotatable bonds is 3. The second kappa shape index (κ2) is 6.36. The first-order chi connectivity index (χ1) is 11.4. The van der Waals surface area contributed by atoms with Gasteiger partial charge in [-0.3, -0.25) is 4.40 Å². The Kier molecular flexibility index (Phi) is 4.41. The van der Waals surface area contributed by atoms with Crippen molar-refractivity contribution in [3.05, 3.63) is 57.9 Å². The lowest BCUT2D eigenvalue weighted by atomic mass is 10.1. The highest BCUT2D eigenvalue weighted by Gasteiger charge is 2.15. The SMILES string of the molecule is Cc1cc(C)c(N=Nc2c(C(C)C)nc3cc(C)ccn23)c(Cl)c1. The Hall–Kier alpha value is -2.20. The number of nitrogens with zero attached hydrogens (tertiary/aromatic N) is 4. The fraction of sp³-hybridized carbons (Fsp3) is 0.316. The van der Waals surface area contributed by atoms with Crippen LogP contribution in [0.15, 0.2) is 40.7 Å². The zero-order valence-corrected chi connectivity index (χ0v) is 15.4. The van der Waals surface area contributed by atoms with Gasteiger partial charge in [-0.2, -0.15) is 0 Å². The summed E-state index contributed by atoms with van der Waals surface area (Å²) in [5, 5.41) is 9.56. The number of aryl methyl sites for hydroxylation is 3. The standard InChI is InChI=1S/C19H21ClN4/c1-11(2)17-19(24-7-6-12(3)10-16(24)21-17)23-22-18-14(5)8-13(4)9-15(18)20/h6-11H,1-5H3. The third-order valence-corrected chi connectivity index (χ3v) is 4.26. The summed E-state index contributed by atoms with van der Waals surface area (Å²) in [6.45, 7) is 10.3. The number of hydrogen-bond acceptors (Lipinski definition) is 3. The predicted molar refractivity (Wildman–Crippen MR) is 99.1 cm³/mol.